The number of cyclic esters (lactones) is 1. The van der Waals surface area contributed by atoms with Crippen LogP contribution in [0.15, 0.2) is 25.3 Å². The lowest BCUT2D eigenvalue weighted by molar-refractivity contribution is -0.152. The van der Waals surface area contributed by atoms with E-state index in [1.165, 1.54) is 6.42 Å². The topological polar surface area (TPSA) is 43.4 Å². The predicted octanol–water partition coefficient (Wildman–Crippen LogP) is 4.23. The van der Waals surface area contributed by atoms with Crippen molar-refractivity contribution in [3.8, 4) is 0 Å². The van der Waals surface area contributed by atoms with E-state index in [9.17, 15) is 9.59 Å². The van der Waals surface area contributed by atoms with Gasteiger partial charge in [-0.3, -0.25) is 9.59 Å². The Morgan fingerprint density at radius 1 is 1.05 bits per heavy atom. The van der Waals surface area contributed by atoms with Crippen LogP contribution in [-0.4, -0.2) is 18.4 Å². The van der Waals surface area contributed by atoms with Gasteiger partial charge in [0, 0.05) is 12.3 Å². The number of rotatable bonds is 5. The summed E-state index contributed by atoms with van der Waals surface area (Å²) in [7, 11) is 0. The van der Waals surface area contributed by atoms with E-state index in [1.807, 2.05) is 6.08 Å². The summed E-state index contributed by atoms with van der Waals surface area (Å²) in [6.45, 7) is 7.84. The van der Waals surface area contributed by atoms with Gasteiger partial charge in [-0.05, 0) is 44.9 Å². The molecule has 2 atom stereocenters. The van der Waals surface area contributed by atoms with Crippen LogP contribution in [0.2, 0.25) is 0 Å². The third-order valence-corrected chi connectivity index (χ3v) is 4.13. The van der Waals surface area contributed by atoms with Crippen molar-refractivity contribution < 1.29 is 14.3 Å². The van der Waals surface area contributed by atoms with E-state index in [-0.39, 0.29) is 11.9 Å². The van der Waals surface area contributed by atoms with Crippen molar-refractivity contribution in [3.63, 3.8) is 0 Å². The third kappa shape index (κ3) is 6.74. The normalized spacial score (nSPS) is 25.3. The Labute approximate surface area is 128 Å². The first-order valence-corrected chi connectivity index (χ1v) is 8.10. The van der Waals surface area contributed by atoms with Gasteiger partial charge in [-0.2, -0.15) is 0 Å². The molecule has 0 bridgehead atoms. The van der Waals surface area contributed by atoms with E-state index in [1.54, 1.807) is 6.08 Å². The van der Waals surface area contributed by atoms with Gasteiger partial charge in [0.1, 0.15) is 5.78 Å². The summed E-state index contributed by atoms with van der Waals surface area (Å²) in [6.07, 6.45) is 12.7. The third-order valence-electron chi connectivity index (χ3n) is 4.13. The van der Waals surface area contributed by atoms with Crippen LogP contribution in [0.5, 0.6) is 0 Å². The van der Waals surface area contributed by atoms with Crippen LogP contribution in [0, 0.1) is 11.8 Å². The second-order valence-electron chi connectivity index (χ2n) is 5.81. The van der Waals surface area contributed by atoms with Gasteiger partial charge in [-0.25, -0.2) is 0 Å². The number of allylic oxidation sites excluding steroid dienone is 2. The molecule has 1 heterocycles. The van der Waals surface area contributed by atoms with Crippen molar-refractivity contribution in [3.05, 3.63) is 25.3 Å². The summed E-state index contributed by atoms with van der Waals surface area (Å²) in [4.78, 5) is 22.2. The minimum atomic E-state index is -0.0499. The van der Waals surface area contributed by atoms with Gasteiger partial charge in [0.05, 0.1) is 12.5 Å². The Hall–Kier alpha value is -1.38. The Morgan fingerprint density at radius 3 is 2.43 bits per heavy atom. The fraction of sp³-hybridized carbons (Fsp3) is 0.667. The zero-order valence-electron chi connectivity index (χ0n) is 13.0. The lowest BCUT2D eigenvalue weighted by atomic mass is 9.85. The molecule has 0 aromatic carbocycles. The van der Waals surface area contributed by atoms with E-state index < -0.39 is 0 Å². The SMILES string of the molecule is C=CCC1CCCOC1=O.C=CCCC1CCCCC1=O. The molecule has 0 aromatic heterocycles. The van der Waals surface area contributed by atoms with Crippen molar-refractivity contribution in [1.29, 1.82) is 0 Å². The van der Waals surface area contributed by atoms with Gasteiger partial charge >= 0.3 is 5.97 Å². The van der Waals surface area contributed by atoms with E-state index in [2.05, 4.69) is 13.2 Å². The van der Waals surface area contributed by atoms with Crippen molar-refractivity contribution in [2.45, 2.75) is 57.8 Å². The van der Waals surface area contributed by atoms with Gasteiger partial charge in [0.2, 0.25) is 0 Å². The van der Waals surface area contributed by atoms with Crippen molar-refractivity contribution in [2.24, 2.45) is 11.8 Å². The zero-order valence-corrected chi connectivity index (χ0v) is 13.0. The average Bonchev–Trinajstić information content (AvgIpc) is 2.50. The van der Waals surface area contributed by atoms with Crippen molar-refractivity contribution >= 4 is 11.8 Å². The minimum absolute atomic E-state index is 0.0499. The number of carbonyl (C=O) groups is 2. The van der Waals surface area contributed by atoms with Crippen molar-refractivity contribution in [1.82, 2.24) is 0 Å². The fourth-order valence-corrected chi connectivity index (χ4v) is 2.83. The van der Waals surface area contributed by atoms with Gasteiger partial charge in [0.15, 0.2) is 0 Å². The number of ketones is 1. The van der Waals surface area contributed by atoms with E-state index in [0.717, 1.165) is 51.4 Å². The maximum absolute atomic E-state index is 11.3. The number of hydrogen-bond acceptors (Lipinski definition) is 3. The lowest BCUT2D eigenvalue weighted by Crippen LogP contribution is -2.23. The van der Waals surface area contributed by atoms with Crippen LogP contribution in [-0.2, 0) is 14.3 Å². The second-order valence-corrected chi connectivity index (χ2v) is 5.81. The van der Waals surface area contributed by atoms with Crippen LogP contribution >= 0.6 is 0 Å². The molecule has 1 aliphatic heterocycles. The molecular formula is C18H28O3. The Kier molecular flexibility index (Phi) is 8.72. The summed E-state index contributed by atoms with van der Waals surface area (Å²) in [5, 5.41) is 0. The predicted molar refractivity (Wildman–Crippen MR) is 84.9 cm³/mol. The molecule has 2 aliphatic rings. The summed E-state index contributed by atoms with van der Waals surface area (Å²) < 4.78 is 4.86. The van der Waals surface area contributed by atoms with Crippen molar-refractivity contribution in [2.75, 3.05) is 6.61 Å². The molecule has 2 rings (SSSR count). The number of Topliss-reactive ketones (excluding diaryl/α,β-unsaturated/α-hetero) is 1. The average molecular weight is 292 g/mol. The second kappa shape index (κ2) is 10.4. The van der Waals surface area contributed by atoms with Crippen LogP contribution in [0.4, 0.5) is 0 Å². The maximum atomic E-state index is 11.3. The highest BCUT2D eigenvalue weighted by Crippen LogP contribution is 2.24. The summed E-state index contributed by atoms with van der Waals surface area (Å²) in [5.74, 6) is 0.886. The molecule has 0 aromatic rings. The molecule has 118 valence electrons. The molecule has 2 fully saturated rings. The molecule has 1 saturated heterocycles. The fourth-order valence-electron chi connectivity index (χ4n) is 2.83. The maximum Gasteiger partial charge on any atom is 0.309 e. The number of ether oxygens (including phenoxy) is 1. The van der Waals surface area contributed by atoms with Crippen LogP contribution < -0.4 is 0 Å². The number of esters is 1. The van der Waals surface area contributed by atoms with Gasteiger partial charge in [-0.15, -0.1) is 13.2 Å². The molecule has 0 amide bonds. The molecular weight excluding hydrogens is 264 g/mol. The smallest absolute Gasteiger partial charge is 0.309 e. The van der Waals surface area contributed by atoms with E-state index in [4.69, 9.17) is 4.74 Å². The highest BCUT2D eigenvalue weighted by Gasteiger charge is 2.22. The monoisotopic (exact) mass is 292 g/mol. The number of hydrogen-bond donors (Lipinski definition) is 0. The van der Waals surface area contributed by atoms with Crippen LogP contribution in [0.25, 0.3) is 0 Å². The summed E-state index contributed by atoms with van der Waals surface area (Å²) in [6, 6.07) is 0. The van der Waals surface area contributed by atoms with E-state index >= 15 is 0 Å². The molecule has 0 radical (unpaired) electrons. The highest BCUT2D eigenvalue weighted by atomic mass is 16.5. The summed E-state index contributed by atoms with van der Waals surface area (Å²) in [5.41, 5.74) is 0. The first-order chi connectivity index (χ1) is 10.2. The minimum Gasteiger partial charge on any atom is -0.465 e. The van der Waals surface area contributed by atoms with Gasteiger partial charge in [0.25, 0.3) is 0 Å². The standard InChI is InChI=1S/C10H16O.C8H12O2/c1-2-3-6-9-7-4-5-8-10(9)11;1-2-4-7-5-3-6-10-8(7)9/h2,9H,1,3-8H2;2,7H,1,3-6H2. The van der Waals surface area contributed by atoms with Crippen LogP contribution in [0.1, 0.15) is 57.8 Å². The molecule has 3 nitrogen and oxygen atoms in total. The zero-order chi connectivity index (χ0) is 15.5. The quantitative estimate of drug-likeness (QED) is 0.562. The van der Waals surface area contributed by atoms with E-state index in [0.29, 0.717) is 18.3 Å². The molecule has 1 saturated carbocycles. The summed E-state index contributed by atoms with van der Waals surface area (Å²) >= 11 is 0. The largest absolute Gasteiger partial charge is 0.465 e. The Bertz CT molecular complexity index is 359. The highest BCUT2D eigenvalue weighted by molar-refractivity contribution is 5.81. The molecule has 3 heteroatoms. The number of carbonyl (C=O) groups excluding carboxylic acids is 2. The van der Waals surface area contributed by atoms with Gasteiger partial charge in [-0.1, -0.05) is 18.6 Å². The first-order valence-electron chi connectivity index (χ1n) is 8.10. The molecule has 2 unspecified atom stereocenters. The lowest BCUT2D eigenvalue weighted by Gasteiger charge is -2.19. The Balaban J connectivity index is 0.000000211. The first kappa shape index (κ1) is 17.7. The van der Waals surface area contributed by atoms with Gasteiger partial charge < -0.3 is 4.74 Å². The Morgan fingerprint density at radius 2 is 1.81 bits per heavy atom. The molecule has 0 spiro atoms. The molecule has 21 heavy (non-hydrogen) atoms. The molecule has 0 N–H and O–H groups in total. The molecule has 1 aliphatic carbocycles. The van der Waals surface area contributed by atoms with Crippen LogP contribution in [0.3, 0.4) is 0 Å².